The van der Waals surface area contributed by atoms with E-state index in [1.165, 1.54) is 9.40 Å². The summed E-state index contributed by atoms with van der Waals surface area (Å²) < 4.78 is 8.88. The molecule has 8 aromatic carbocycles. The molecular weight excluding hydrogens is 791 g/mol. The fraction of sp³-hybridized carbons (Fsp3) is 0.0179. The van der Waals surface area contributed by atoms with E-state index in [1.54, 1.807) is 11.3 Å². The summed E-state index contributed by atoms with van der Waals surface area (Å²) in [5.41, 5.74) is 11.5. The first-order valence-corrected chi connectivity index (χ1v) is 21.6. The highest BCUT2D eigenvalue weighted by molar-refractivity contribution is 7.26. The van der Waals surface area contributed by atoms with Crippen molar-refractivity contribution in [2.24, 2.45) is 9.98 Å². The lowest BCUT2D eigenvalue weighted by Crippen LogP contribution is -2.04. The van der Waals surface area contributed by atoms with E-state index in [2.05, 4.69) is 121 Å². The Balaban J connectivity index is 0.969. The van der Waals surface area contributed by atoms with Gasteiger partial charge >= 0.3 is 0 Å². The molecule has 11 aromatic rings. The van der Waals surface area contributed by atoms with Crippen molar-refractivity contribution in [2.45, 2.75) is 6.54 Å². The third kappa shape index (κ3) is 7.30. The first kappa shape index (κ1) is 37.8. The average Bonchev–Trinajstić information content (AvgIpc) is 3.93. The zero-order valence-corrected chi connectivity index (χ0v) is 34.8. The number of benzene rings is 8. The lowest BCUT2D eigenvalue weighted by molar-refractivity contribution is 0.605. The summed E-state index contributed by atoms with van der Waals surface area (Å²) >= 11 is 1.78. The van der Waals surface area contributed by atoms with Gasteiger partial charge in [-0.05, 0) is 70.9 Å². The van der Waals surface area contributed by atoms with Gasteiger partial charge in [0.25, 0.3) is 0 Å². The summed E-state index contributed by atoms with van der Waals surface area (Å²) in [5, 5.41) is 3.21. The highest BCUT2D eigenvalue weighted by Crippen LogP contribution is 2.42. The third-order valence-corrected chi connectivity index (χ3v) is 12.4. The summed E-state index contributed by atoms with van der Waals surface area (Å²) in [4.78, 5) is 24.8. The second-order valence-corrected chi connectivity index (χ2v) is 16.4. The number of fused-ring (bicyclic) bond motifs is 4. The van der Waals surface area contributed by atoms with E-state index < -0.39 is 0 Å². The average molecular weight is 828 g/mol. The molecule has 0 aliphatic heterocycles. The van der Waals surface area contributed by atoms with Crippen LogP contribution in [0.1, 0.15) is 16.9 Å². The van der Waals surface area contributed by atoms with Crippen molar-refractivity contribution in [3.63, 3.8) is 0 Å². The van der Waals surface area contributed by atoms with Gasteiger partial charge in [0.15, 0.2) is 23.2 Å². The molecule has 63 heavy (non-hydrogen) atoms. The minimum absolute atomic E-state index is 0.433. The van der Waals surface area contributed by atoms with Crippen molar-refractivity contribution in [1.82, 2.24) is 15.0 Å². The molecule has 0 unspecified atom stereocenters. The summed E-state index contributed by atoms with van der Waals surface area (Å²) in [5.74, 6) is 2.54. The van der Waals surface area contributed by atoms with Gasteiger partial charge < -0.3 is 4.42 Å². The molecule has 298 valence electrons. The molecule has 0 fully saturated rings. The van der Waals surface area contributed by atoms with Crippen LogP contribution >= 0.6 is 11.3 Å². The number of aromatic nitrogens is 3. The highest BCUT2D eigenvalue weighted by atomic mass is 32.1. The summed E-state index contributed by atoms with van der Waals surface area (Å²) in [7, 11) is 0. The molecule has 3 heterocycles. The number of hydrogen-bond donors (Lipinski definition) is 0. The van der Waals surface area contributed by atoms with Gasteiger partial charge in [-0.15, -0.1) is 11.3 Å². The quantitative estimate of drug-likeness (QED) is 0.129. The lowest BCUT2D eigenvalue weighted by atomic mass is 9.99. The Labute approximate surface area is 368 Å². The molecule has 0 N–H and O–H groups in total. The molecule has 0 bridgehead atoms. The number of thiophene rings is 1. The second kappa shape index (κ2) is 16.4. The Morgan fingerprint density at radius 1 is 0.492 bits per heavy atom. The number of rotatable bonds is 10. The molecule has 0 atom stereocenters. The fourth-order valence-electron chi connectivity index (χ4n) is 8.26. The summed E-state index contributed by atoms with van der Waals surface area (Å²) in [6, 6.07) is 68.7. The van der Waals surface area contributed by atoms with Crippen LogP contribution in [0.5, 0.6) is 0 Å². The van der Waals surface area contributed by atoms with Gasteiger partial charge in [0, 0.05) is 47.8 Å². The Bertz CT molecular complexity index is 3450. The van der Waals surface area contributed by atoms with Gasteiger partial charge in [-0.2, -0.15) is 0 Å². The Hall–Kier alpha value is -8.13. The molecule has 0 saturated heterocycles. The summed E-state index contributed by atoms with van der Waals surface area (Å²) in [6.07, 6.45) is 0. The Kier molecular flexibility index (Phi) is 9.84. The van der Waals surface area contributed by atoms with Crippen molar-refractivity contribution < 1.29 is 4.42 Å². The zero-order chi connectivity index (χ0) is 42.1. The SMILES string of the molecule is C=Nc1c(C(=NCc2cccc(-c3ccc4c(c3)sc3cccc(-c5nc(-c6ccccc6)nc(-c6ccccc6)n5)c34)c2)c2cccc(-c3ccccc3)c2)oc2ccccc12. The number of aliphatic imine (C=N–C) groups is 2. The molecule has 7 heteroatoms. The van der Waals surface area contributed by atoms with E-state index in [0.717, 1.165) is 77.5 Å². The zero-order valence-electron chi connectivity index (χ0n) is 34.0. The molecule has 0 aliphatic carbocycles. The number of nitrogens with zero attached hydrogens (tertiary/aromatic N) is 5. The molecule has 0 spiro atoms. The van der Waals surface area contributed by atoms with Crippen LogP contribution < -0.4 is 0 Å². The minimum Gasteiger partial charge on any atom is -0.452 e. The number of furan rings is 1. The van der Waals surface area contributed by atoms with Crippen LogP contribution in [0, 0.1) is 0 Å². The van der Waals surface area contributed by atoms with E-state index in [4.69, 9.17) is 24.4 Å². The van der Waals surface area contributed by atoms with Gasteiger partial charge in [0.05, 0.1) is 6.54 Å². The largest absolute Gasteiger partial charge is 0.452 e. The molecule has 3 aromatic heterocycles. The highest BCUT2D eigenvalue weighted by Gasteiger charge is 2.21. The Morgan fingerprint density at radius 3 is 1.83 bits per heavy atom. The predicted molar refractivity (Wildman–Crippen MR) is 261 cm³/mol. The minimum atomic E-state index is 0.433. The maximum Gasteiger partial charge on any atom is 0.179 e. The van der Waals surface area contributed by atoms with Crippen LogP contribution in [0.3, 0.4) is 0 Å². The van der Waals surface area contributed by atoms with E-state index in [9.17, 15) is 0 Å². The molecule has 0 radical (unpaired) electrons. The second-order valence-electron chi connectivity index (χ2n) is 15.3. The summed E-state index contributed by atoms with van der Waals surface area (Å²) in [6.45, 7) is 4.36. The van der Waals surface area contributed by atoms with Gasteiger partial charge in [-0.3, -0.25) is 9.98 Å². The van der Waals surface area contributed by atoms with Crippen molar-refractivity contribution in [3.8, 4) is 56.4 Å². The van der Waals surface area contributed by atoms with Crippen molar-refractivity contribution >= 4 is 60.6 Å². The number of para-hydroxylation sites is 1. The lowest BCUT2D eigenvalue weighted by Gasteiger charge is -2.10. The number of hydrogen-bond acceptors (Lipinski definition) is 7. The van der Waals surface area contributed by atoms with Crippen LogP contribution in [0.15, 0.2) is 215 Å². The van der Waals surface area contributed by atoms with Crippen molar-refractivity contribution in [2.75, 3.05) is 0 Å². The molecule has 0 amide bonds. The third-order valence-electron chi connectivity index (χ3n) is 11.3. The molecule has 0 saturated carbocycles. The van der Waals surface area contributed by atoms with Crippen molar-refractivity contribution in [1.29, 1.82) is 0 Å². The standard InChI is InChI=1S/C56H37N5OS/c1-57-52-44-26-11-12-28-47(44)62-53(52)51(43-25-14-24-41(33-43)37-17-5-2-6-18-37)58-35-36-16-13-23-40(32-36)42-30-31-45-49(34-42)63-48-29-15-27-46(50(45)48)56-60-54(38-19-7-3-8-20-38)59-55(61-56)39-21-9-4-10-22-39/h2-34H,1,35H2. The van der Waals surface area contributed by atoms with Crippen LogP contribution in [-0.2, 0) is 6.54 Å². The van der Waals surface area contributed by atoms with Crippen LogP contribution in [-0.4, -0.2) is 27.4 Å². The van der Waals surface area contributed by atoms with E-state index in [1.807, 2.05) is 91.0 Å². The molecular formula is C56H37N5OS. The molecule has 6 nitrogen and oxygen atoms in total. The topological polar surface area (TPSA) is 76.5 Å². The van der Waals surface area contributed by atoms with Gasteiger partial charge in [-0.1, -0.05) is 164 Å². The predicted octanol–water partition coefficient (Wildman–Crippen LogP) is 14.7. The van der Waals surface area contributed by atoms with Crippen LogP contribution in [0.25, 0.3) is 87.6 Å². The monoisotopic (exact) mass is 827 g/mol. The fourth-order valence-corrected chi connectivity index (χ4v) is 9.43. The smallest absolute Gasteiger partial charge is 0.179 e. The first-order chi connectivity index (χ1) is 31.2. The van der Waals surface area contributed by atoms with Crippen LogP contribution in [0.4, 0.5) is 5.69 Å². The molecule has 0 aliphatic rings. The van der Waals surface area contributed by atoms with E-state index >= 15 is 0 Å². The van der Waals surface area contributed by atoms with Gasteiger partial charge in [-0.25, -0.2) is 15.0 Å². The van der Waals surface area contributed by atoms with Gasteiger partial charge in [0.2, 0.25) is 0 Å². The Morgan fingerprint density at radius 2 is 1.10 bits per heavy atom. The normalized spacial score (nSPS) is 11.7. The maximum atomic E-state index is 6.51. The van der Waals surface area contributed by atoms with E-state index in [0.29, 0.717) is 35.5 Å². The first-order valence-electron chi connectivity index (χ1n) is 20.8. The maximum absolute atomic E-state index is 6.51. The van der Waals surface area contributed by atoms with Gasteiger partial charge in [0.1, 0.15) is 17.0 Å². The van der Waals surface area contributed by atoms with Crippen LogP contribution in [0.2, 0.25) is 0 Å². The van der Waals surface area contributed by atoms with E-state index in [-0.39, 0.29) is 0 Å². The van der Waals surface area contributed by atoms with Crippen molar-refractivity contribution in [3.05, 3.63) is 217 Å². The molecule has 11 rings (SSSR count).